The average Bonchev–Trinajstić information content (AvgIpc) is 2.04. The van der Waals surface area contributed by atoms with E-state index in [4.69, 9.17) is 4.43 Å². The summed E-state index contributed by atoms with van der Waals surface area (Å²) in [6.45, 7) is 12.3. The Morgan fingerprint density at radius 2 is 1.69 bits per heavy atom. The summed E-state index contributed by atoms with van der Waals surface area (Å²) >= 11 is 0. The van der Waals surface area contributed by atoms with Crippen LogP contribution in [0.25, 0.3) is 0 Å². The summed E-state index contributed by atoms with van der Waals surface area (Å²) in [5.41, 5.74) is 0. The lowest BCUT2D eigenvalue weighted by Crippen LogP contribution is -2.43. The maximum Gasteiger partial charge on any atom is 0.186 e. The van der Waals surface area contributed by atoms with E-state index in [0.29, 0.717) is 0 Å². The van der Waals surface area contributed by atoms with E-state index in [2.05, 4.69) is 41.0 Å². The molecule has 0 aliphatic heterocycles. The minimum atomic E-state index is -1.30. The van der Waals surface area contributed by atoms with Gasteiger partial charge in [-0.1, -0.05) is 6.92 Å². The summed E-state index contributed by atoms with van der Waals surface area (Å²) in [6.07, 6.45) is 0. The Kier molecular flexibility index (Phi) is 5.18. The second-order valence-electron chi connectivity index (χ2n) is 4.94. The van der Waals surface area contributed by atoms with Crippen molar-refractivity contribution >= 4 is 8.32 Å². The molecule has 0 fully saturated rings. The largest absolute Gasteiger partial charge is 0.412 e. The van der Waals surface area contributed by atoms with Crippen molar-refractivity contribution in [3.8, 4) is 0 Å². The quantitative estimate of drug-likeness (QED) is 0.477. The zero-order valence-corrected chi connectivity index (χ0v) is 11.2. The molecule has 0 amide bonds. The van der Waals surface area contributed by atoms with Crippen LogP contribution in [0, 0.1) is 0 Å². The van der Waals surface area contributed by atoms with E-state index >= 15 is 0 Å². The molecule has 0 aromatic heterocycles. The molecule has 0 aromatic rings. The van der Waals surface area contributed by atoms with Crippen LogP contribution in [0.2, 0.25) is 19.1 Å². The standard InChI is InChI=1S/C10H26NOSi/c1-7-11(3,4)9-10-12-13(5,6)8-2/h7-10H2,1-6H3/q+1. The molecule has 0 spiro atoms. The smallest absolute Gasteiger partial charge is 0.186 e. The third-order valence-electron chi connectivity index (χ3n) is 2.90. The summed E-state index contributed by atoms with van der Waals surface area (Å²) in [6, 6.07) is 1.21. The number of quaternary nitrogens is 1. The van der Waals surface area contributed by atoms with E-state index in [1.54, 1.807) is 0 Å². The molecule has 0 aliphatic rings. The van der Waals surface area contributed by atoms with Crippen LogP contribution in [0.1, 0.15) is 13.8 Å². The van der Waals surface area contributed by atoms with Gasteiger partial charge in [0.2, 0.25) is 0 Å². The first-order valence-corrected chi connectivity index (χ1v) is 8.40. The van der Waals surface area contributed by atoms with Gasteiger partial charge in [-0.25, -0.2) is 0 Å². The monoisotopic (exact) mass is 204 g/mol. The maximum atomic E-state index is 5.94. The van der Waals surface area contributed by atoms with Crippen molar-refractivity contribution in [3.05, 3.63) is 0 Å². The predicted molar refractivity (Wildman–Crippen MR) is 61.4 cm³/mol. The molecule has 0 aromatic carbocycles. The van der Waals surface area contributed by atoms with Gasteiger partial charge in [0.1, 0.15) is 6.54 Å². The zero-order chi connectivity index (χ0) is 10.5. The topological polar surface area (TPSA) is 9.23 Å². The van der Waals surface area contributed by atoms with Crippen LogP contribution < -0.4 is 0 Å². The van der Waals surface area contributed by atoms with Gasteiger partial charge in [0.05, 0.1) is 27.2 Å². The fraction of sp³-hybridized carbons (Fsp3) is 1.00. The Morgan fingerprint density at radius 1 is 1.15 bits per heavy atom. The molecule has 80 valence electrons. The van der Waals surface area contributed by atoms with Gasteiger partial charge in [0.25, 0.3) is 0 Å². The van der Waals surface area contributed by atoms with E-state index in [1.807, 2.05) is 0 Å². The molecule has 0 unspecified atom stereocenters. The Hall–Kier alpha value is 0.137. The van der Waals surface area contributed by atoms with Crippen LogP contribution in [0.4, 0.5) is 0 Å². The first kappa shape index (κ1) is 13.1. The normalized spacial score (nSPS) is 13.4. The van der Waals surface area contributed by atoms with Crippen LogP contribution in [-0.4, -0.2) is 46.6 Å². The predicted octanol–water partition coefficient (Wildman–Crippen LogP) is 2.32. The third kappa shape index (κ3) is 6.24. The van der Waals surface area contributed by atoms with Gasteiger partial charge in [0, 0.05) is 0 Å². The number of nitrogens with zero attached hydrogens (tertiary/aromatic N) is 1. The van der Waals surface area contributed by atoms with Crippen molar-refractivity contribution in [1.82, 2.24) is 0 Å². The van der Waals surface area contributed by atoms with Crippen LogP contribution in [0.15, 0.2) is 0 Å². The van der Waals surface area contributed by atoms with Crippen molar-refractivity contribution in [2.75, 3.05) is 33.8 Å². The zero-order valence-electron chi connectivity index (χ0n) is 10.2. The van der Waals surface area contributed by atoms with Gasteiger partial charge in [-0.15, -0.1) is 0 Å². The lowest BCUT2D eigenvalue weighted by molar-refractivity contribution is -0.888. The summed E-state index contributed by atoms with van der Waals surface area (Å²) in [4.78, 5) is 0. The minimum absolute atomic E-state index is 0.925. The first-order chi connectivity index (χ1) is 5.83. The van der Waals surface area contributed by atoms with Crippen LogP contribution in [-0.2, 0) is 4.43 Å². The van der Waals surface area contributed by atoms with Gasteiger partial charge in [0.15, 0.2) is 8.32 Å². The van der Waals surface area contributed by atoms with Crippen molar-refractivity contribution < 1.29 is 8.91 Å². The van der Waals surface area contributed by atoms with Gasteiger partial charge >= 0.3 is 0 Å². The van der Waals surface area contributed by atoms with E-state index in [9.17, 15) is 0 Å². The Morgan fingerprint density at radius 3 is 2.08 bits per heavy atom. The van der Waals surface area contributed by atoms with Gasteiger partial charge in [-0.05, 0) is 26.1 Å². The fourth-order valence-electron chi connectivity index (χ4n) is 0.829. The van der Waals surface area contributed by atoms with E-state index in [1.165, 1.54) is 12.6 Å². The van der Waals surface area contributed by atoms with Crippen LogP contribution in [0.5, 0.6) is 0 Å². The highest BCUT2D eigenvalue weighted by Crippen LogP contribution is 2.10. The summed E-state index contributed by atoms with van der Waals surface area (Å²) in [5, 5.41) is 0. The molecule has 13 heavy (non-hydrogen) atoms. The lowest BCUT2D eigenvalue weighted by Gasteiger charge is -2.30. The van der Waals surface area contributed by atoms with Gasteiger partial charge < -0.3 is 8.91 Å². The molecule has 2 nitrogen and oxygen atoms in total. The van der Waals surface area contributed by atoms with Gasteiger partial charge in [-0.2, -0.15) is 0 Å². The molecule has 0 atom stereocenters. The molecule has 0 radical (unpaired) electrons. The van der Waals surface area contributed by atoms with E-state index < -0.39 is 8.32 Å². The molecule has 3 heteroatoms. The molecule has 0 heterocycles. The molecule has 0 bridgehead atoms. The molecule has 0 aliphatic carbocycles. The number of hydrogen-bond acceptors (Lipinski definition) is 1. The Balaban J connectivity index is 3.68. The lowest BCUT2D eigenvalue weighted by atomic mass is 10.4. The summed E-state index contributed by atoms with van der Waals surface area (Å²) < 4.78 is 7.00. The summed E-state index contributed by atoms with van der Waals surface area (Å²) in [5.74, 6) is 0. The first-order valence-electron chi connectivity index (χ1n) is 5.29. The van der Waals surface area contributed by atoms with Crippen LogP contribution >= 0.6 is 0 Å². The average molecular weight is 204 g/mol. The van der Waals surface area contributed by atoms with Crippen molar-refractivity contribution in [2.45, 2.75) is 33.0 Å². The Bertz CT molecular complexity index is 130. The third-order valence-corrected chi connectivity index (χ3v) is 5.59. The van der Waals surface area contributed by atoms with Crippen LogP contribution in [0.3, 0.4) is 0 Å². The molecular weight excluding hydrogens is 178 g/mol. The molecular formula is C10H26NOSi+. The highest BCUT2D eigenvalue weighted by Gasteiger charge is 2.21. The van der Waals surface area contributed by atoms with Gasteiger partial charge in [-0.3, -0.25) is 0 Å². The number of likely N-dealkylation sites (N-methyl/N-ethyl adjacent to an activating group) is 1. The molecule has 0 saturated carbocycles. The SMILES string of the molecule is CC[N+](C)(C)CCO[Si](C)(C)CC. The summed E-state index contributed by atoms with van der Waals surface area (Å²) in [7, 11) is 3.21. The number of hydrogen-bond donors (Lipinski definition) is 0. The highest BCUT2D eigenvalue weighted by molar-refractivity contribution is 6.71. The molecule has 0 rings (SSSR count). The van der Waals surface area contributed by atoms with E-state index in [-0.39, 0.29) is 0 Å². The maximum absolute atomic E-state index is 5.94. The number of rotatable bonds is 6. The Labute approximate surface area is 84.6 Å². The fourth-order valence-corrected chi connectivity index (χ4v) is 1.68. The van der Waals surface area contributed by atoms with Crippen molar-refractivity contribution in [3.63, 3.8) is 0 Å². The molecule has 0 N–H and O–H groups in total. The van der Waals surface area contributed by atoms with E-state index in [0.717, 1.165) is 17.6 Å². The van der Waals surface area contributed by atoms with Crippen molar-refractivity contribution in [1.29, 1.82) is 0 Å². The second kappa shape index (κ2) is 5.13. The van der Waals surface area contributed by atoms with Crippen molar-refractivity contribution in [2.24, 2.45) is 0 Å². The molecule has 0 saturated heterocycles. The second-order valence-corrected chi connectivity index (χ2v) is 9.45. The minimum Gasteiger partial charge on any atom is -0.412 e. The highest BCUT2D eigenvalue weighted by atomic mass is 28.4.